The van der Waals surface area contributed by atoms with E-state index in [9.17, 15) is 10.1 Å². The van der Waals surface area contributed by atoms with Crippen molar-refractivity contribution in [1.82, 2.24) is 0 Å². The SMILES string of the molecule is [B+2]c1cccc([N+](=O)[O-])c1C.[OH-].[OH-]. The van der Waals surface area contributed by atoms with Gasteiger partial charge in [0.25, 0.3) is 0 Å². The van der Waals surface area contributed by atoms with E-state index in [1.165, 1.54) is 6.07 Å². The van der Waals surface area contributed by atoms with Crippen molar-refractivity contribution in [3.63, 3.8) is 0 Å². The van der Waals surface area contributed by atoms with Crippen molar-refractivity contribution in [2.45, 2.75) is 6.92 Å². The molecular weight excluding hydrogens is 173 g/mol. The van der Waals surface area contributed by atoms with Crippen LogP contribution in [0.5, 0.6) is 0 Å². The van der Waals surface area contributed by atoms with E-state index in [1.807, 2.05) is 0 Å². The Balaban J connectivity index is 0. The van der Waals surface area contributed by atoms with Crippen molar-refractivity contribution in [3.8, 4) is 0 Å². The molecule has 0 saturated heterocycles. The second-order valence-electron chi connectivity index (χ2n) is 2.25. The monoisotopic (exact) mass is 181 g/mol. The van der Waals surface area contributed by atoms with Gasteiger partial charge in [-0.05, 0) is 0 Å². The maximum Gasteiger partial charge on any atom is -0.870 e. The van der Waals surface area contributed by atoms with E-state index < -0.39 is 4.92 Å². The standard InChI is InChI=1S/C7H6BNO2.2H2O/c1-5-6(8)3-2-4-7(5)9(10)11;;/h2-4H,1H3;2*1H2/q+2;;/p-2. The van der Waals surface area contributed by atoms with Gasteiger partial charge in [0.15, 0.2) is 0 Å². The smallest absolute Gasteiger partial charge is 0.870 e. The predicted molar refractivity (Wildman–Crippen MR) is 47.1 cm³/mol. The summed E-state index contributed by atoms with van der Waals surface area (Å²) in [6, 6.07) is 4.65. The first kappa shape index (κ1) is 14.1. The van der Waals surface area contributed by atoms with Crippen LogP contribution in [0.25, 0.3) is 0 Å². The van der Waals surface area contributed by atoms with Gasteiger partial charge in [0.1, 0.15) is 0 Å². The Morgan fingerprint density at radius 2 is 1.92 bits per heavy atom. The van der Waals surface area contributed by atoms with E-state index >= 15 is 0 Å². The van der Waals surface area contributed by atoms with Crippen LogP contribution in [0.2, 0.25) is 0 Å². The minimum Gasteiger partial charge on any atom is -0.870 e. The molecule has 0 aromatic heterocycles. The van der Waals surface area contributed by atoms with Crippen molar-refractivity contribution >= 4 is 19.0 Å². The maximum absolute atomic E-state index is 10.3. The summed E-state index contributed by atoms with van der Waals surface area (Å²) >= 11 is 0. The first-order chi connectivity index (χ1) is 5.13. The summed E-state index contributed by atoms with van der Waals surface area (Å²) in [5.41, 5.74) is 1.06. The molecule has 0 aliphatic carbocycles. The first-order valence-corrected chi connectivity index (χ1v) is 3.12. The molecule has 0 spiro atoms. The molecule has 68 valence electrons. The Morgan fingerprint density at radius 3 is 2.31 bits per heavy atom. The van der Waals surface area contributed by atoms with Crippen molar-refractivity contribution < 1.29 is 15.9 Å². The van der Waals surface area contributed by atoms with Gasteiger partial charge in [-0.2, -0.15) is 0 Å². The van der Waals surface area contributed by atoms with E-state index in [0.29, 0.717) is 11.0 Å². The third-order valence-corrected chi connectivity index (χ3v) is 1.54. The fourth-order valence-electron chi connectivity index (χ4n) is 0.839. The summed E-state index contributed by atoms with van der Waals surface area (Å²) in [5, 5.41) is 10.3. The Bertz CT molecular complexity index is 303. The third-order valence-electron chi connectivity index (χ3n) is 1.54. The molecule has 2 N–H and O–H groups in total. The third kappa shape index (κ3) is 2.85. The number of nitro benzene ring substituents is 1. The van der Waals surface area contributed by atoms with Crippen LogP contribution in [0.1, 0.15) is 5.56 Å². The van der Waals surface area contributed by atoms with Gasteiger partial charge in [0.2, 0.25) is 0 Å². The summed E-state index contributed by atoms with van der Waals surface area (Å²) in [4.78, 5) is 9.89. The molecule has 0 saturated carbocycles. The van der Waals surface area contributed by atoms with Crippen LogP contribution in [0, 0.1) is 17.0 Å². The van der Waals surface area contributed by atoms with Gasteiger partial charge >= 0.3 is 64.7 Å². The Labute approximate surface area is 76.6 Å². The molecular formula is C7H8BNO4. The summed E-state index contributed by atoms with van der Waals surface area (Å²) in [7, 11) is 5.45. The molecule has 0 unspecified atom stereocenters. The van der Waals surface area contributed by atoms with Crippen LogP contribution >= 0.6 is 0 Å². The van der Waals surface area contributed by atoms with E-state index in [0.717, 1.165) is 0 Å². The maximum atomic E-state index is 10.3. The van der Waals surface area contributed by atoms with Crippen LogP contribution in [0.15, 0.2) is 18.2 Å². The van der Waals surface area contributed by atoms with Crippen molar-refractivity contribution in [3.05, 3.63) is 33.9 Å². The summed E-state index contributed by atoms with van der Waals surface area (Å²) < 4.78 is 0. The molecule has 0 fully saturated rings. The summed E-state index contributed by atoms with van der Waals surface area (Å²) in [6.45, 7) is 1.63. The Morgan fingerprint density at radius 1 is 1.38 bits per heavy atom. The molecule has 13 heavy (non-hydrogen) atoms. The molecule has 0 heterocycles. The largest absolute Gasteiger partial charge is 0.870 e. The predicted octanol–water partition coefficient (Wildman–Crippen LogP) is 0.343. The minimum atomic E-state index is -0.439. The van der Waals surface area contributed by atoms with Gasteiger partial charge in [-0.15, -0.1) is 0 Å². The zero-order valence-corrected chi connectivity index (χ0v) is 6.97. The molecule has 1 rings (SSSR count). The number of hydrogen-bond donors (Lipinski definition) is 0. The van der Waals surface area contributed by atoms with E-state index in [1.54, 1.807) is 19.1 Å². The van der Waals surface area contributed by atoms with Crippen LogP contribution in [-0.2, 0) is 0 Å². The van der Waals surface area contributed by atoms with Gasteiger partial charge in [0, 0.05) is 0 Å². The van der Waals surface area contributed by atoms with Gasteiger partial charge < -0.3 is 11.0 Å². The normalized spacial score (nSPS) is 8.23. The number of benzene rings is 1. The Hall–Kier alpha value is -1.40. The van der Waals surface area contributed by atoms with Gasteiger partial charge in [-0.1, -0.05) is 0 Å². The van der Waals surface area contributed by atoms with Gasteiger partial charge in [0.05, 0.1) is 0 Å². The number of hydrogen-bond acceptors (Lipinski definition) is 4. The zero-order valence-electron chi connectivity index (χ0n) is 6.97. The number of rotatable bonds is 1. The number of nitro groups is 1. The quantitative estimate of drug-likeness (QED) is 0.353. The van der Waals surface area contributed by atoms with Gasteiger partial charge in [-0.25, -0.2) is 0 Å². The van der Waals surface area contributed by atoms with Crippen molar-refractivity contribution in [1.29, 1.82) is 0 Å². The molecule has 0 radical (unpaired) electrons. The second kappa shape index (κ2) is 5.29. The van der Waals surface area contributed by atoms with Crippen LogP contribution < -0.4 is 5.46 Å². The molecule has 1 aromatic rings. The van der Waals surface area contributed by atoms with Crippen LogP contribution in [-0.4, -0.2) is 23.7 Å². The molecule has 0 aliphatic rings. The van der Waals surface area contributed by atoms with E-state index in [4.69, 9.17) is 7.85 Å². The molecule has 0 aliphatic heterocycles. The van der Waals surface area contributed by atoms with Crippen LogP contribution in [0.3, 0.4) is 0 Å². The van der Waals surface area contributed by atoms with Crippen molar-refractivity contribution in [2.75, 3.05) is 0 Å². The van der Waals surface area contributed by atoms with Crippen LogP contribution in [0.4, 0.5) is 5.69 Å². The molecule has 5 nitrogen and oxygen atoms in total. The fourth-order valence-corrected chi connectivity index (χ4v) is 0.839. The second-order valence-corrected chi connectivity index (χ2v) is 2.25. The summed E-state index contributed by atoms with van der Waals surface area (Å²) in [5.74, 6) is 0. The molecule has 6 heteroatoms. The fraction of sp³-hybridized carbons (Fsp3) is 0.143. The molecule has 1 aromatic carbocycles. The average Bonchev–Trinajstić information content (AvgIpc) is 1.94. The molecule has 0 atom stereocenters. The van der Waals surface area contributed by atoms with E-state index in [2.05, 4.69) is 0 Å². The van der Waals surface area contributed by atoms with Gasteiger partial charge in [-0.3, -0.25) is 0 Å². The number of nitrogens with zero attached hydrogens (tertiary/aromatic N) is 1. The zero-order chi connectivity index (χ0) is 8.43. The van der Waals surface area contributed by atoms with Crippen molar-refractivity contribution in [2.24, 2.45) is 0 Å². The first-order valence-electron chi connectivity index (χ1n) is 3.12. The summed E-state index contributed by atoms with van der Waals surface area (Å²) in [6.07, 6.45) is 0. The Kier molecular flexibility index (Phi) is 5.75. The van der Waals surface area contributed by atoms with E-state index in [-0.39, 0.29) is 16.6 Å². The average molecular weight is 181 g/mol. The molecule has 0 amide bonds. The minimum absolute atomic E-state index is 0. The molecule has 0 bridgehead atoms. The topological polar surface area (TPSA) is 103 Å².